The van der Waals surface area contributed by atoms with Crippen molar-refractivity contribution in [3.8, 4) is 5.75 Å². The molecule has 0 fully saturated rings. The topological polar surface area (TPSA) is 94.6 Å². The zero-order valence-electron chi connectivity index (χ0n) is 11.3. The first kappa shape index (κ1) is 14.1. The molecule has 3 N–H and O–H groups in total. The molecule has 21 heavy (non-hydrogen) atoms. The predicted octanol–water partition coefficient (Wildman–Crippen LogP) is 1.54. The summed E-state index contributed by atoms with van der Waals surface area (Å²) in [6, 6.07) is 10.0. The number of hydrogen-bond donors (Lipinski definition) is 2. The smallest absolute Gasteiger partial charge is 0.274 e. The molecule has 3 rings (SSSR count). The van der Waals surface area contributed by atoms with E-state index in [1.165, 1.54) is 6.07 Å². The lowest BCUT2D eigenvalue weighted by Gasteiger charge is -2.26. The quantitative estimate of drug-likeness (QED) is 0.893. The molecule has 7 heteroatoms. The Bertz CT molecular complexity index is 739. The van der Waals surface area contributed by atoms with Crippen LogP contribution in [-0.2, 0) is 16.6 Å². The van der Waals surface area contributed by atoms with Gasteiger partial charge in [0.2, 0.25) is 5.09 Å². The first-order valence-electron chi connectivity index (χ1n) is 6.63. The predicted molar refractivity (Wildman–Crippen MR) is 76.2 cm³/mol. The zero-order chi connectivity index (χ0) is 14.9. The van der Waals surface area contributed by atoms with Gasteiger partial charge >= 0.3 is 0 Å². The Morgan fingerprint density at radius 1 is 1.24 bits per heavy atom. The Labute approximate surface area is 123 Å². The van der Waals surface area contributed by atoms with Crippen molar-refractivity contribution in [2.45, 2.75) is 24.1 Å². The molecule has 2 aromatic rings. The highest BCUT2D eigenvalue weighted by Gasteiger charge is 2.28. The zero-order valence-corrected chi connectivity index (χ0v) is 12.1. The van der Waals surface area contributed by atoms with Gasteiger partial charge in [-0.25, -0.2) is 13.1 Å². The van der Waals surface area contributed by atoms with Crippen LogP contribution in [0.25, 0.3) is 0 Å². The standard InChI is InChI=1S/C14H16N2O4S/c15-9-10-5-6-14(20-10)21(17,18)16-12-7-8-19-13-4-2-1-3-11(12)13/h1-6,12,16H,7-9,15H2. The van der Waals surface area contributed by atoms with Crippen LogP contribution in [0.3, 0.4) is 0 Å². The highest BCUT2D eigenvalue weighted by Crippen LogP contribution is 2.32. The first-order valence-corrected chi connectivity index (χ1v) is 8.11. The molecular formula is C14H16N2O4S. The van der Waals surface area contributed by atoms with Crippen molar-refractivity contribution in [2.75, 3.05) is 6.61 Å². The summed E-state index contributed by atoms with van der Waals surface area (Å²) in [7, 11) is -3.72. The summed E-state index contributed by atoms with van der Waals surface area (Å²) in [5.74, 6) is 1.14. The maximum atomic E-state index is 12.4. The van der Waals surface area contributed by atoms with Crippen molar-refractivity contribution in [1.82, 2.24) is 4.72 Å². The van der Waals surface area contributed by atoms with Gasteiger partial charge < -0.3 is 14.9 Å². The van der Waals surface area contributed by atoms with Gasteiger partial charge in [-0.05, 0) is 18.2 Å². The number of rotatable bonds is 4. The lowest BCUT2D eigenvalue weighted by atomic mass is 10.0. The van der Waals surface area contributed by atoms with Crippen LogP contribution in [0.15, 0.2) is 45.9 Å². The Hall–Kier alpha value is -1.83. The Morgan fingerprint density at radius 2 is 2.05 bits per heavy atom. The van der Waals surface area contributed by atoms with Crippen molar-refractivity contribution >= 4 is 10.0 Å². The number of para-hydroxylation sites is 1. The van der Waals surface area contributed by atoms with Gasteiger partial charge in [-0.2, -0.15) is 0 Å². The molecule has 112 valence electrons. The molecule has 0 radical (unpaired) electrons. The van der Waals surface area contributed by atoms with Gasteiger partial charge in [-0.15, -0.1) is 0 Å². The summed E-state index contributed by atoms with van der Waals surface area (Å²) < 4.78 is 38.1. The van der Waals surface area contributed by atoms with Gasteiger partial charge in [0.15, 0.2) is 0 Å². The molecule has 0 amide bonds. The van der Waals surface area contributed by atoms with Crippen LogP contribution in [0.4, 0.5) is 0 Å². The minimum atomic E-state index is -3.72. The van der Waals surface area contributed by atoms with Crippen LogP contribution in [0.5, 0.6) is 5.75 Å². The van der Waals surface area contributed by atoms with E-state index in [1.807, 2.05) is 24.3 Å². The molecule has 1 aliphatic rings. The number of hydrogen-bond acceptors (Lipinski definition) is 5. The molecule has 2 heterocycles. The summed E-state index contributed by atoms with van der Waals surface area (Å²) in [4.78, 5) is 0. The second-order valence-corrected chi connectivity index (χ2v) is 6.42. The van der Waals surface area contributed by atoms with Gasteiger partial charge in [0.1, 0.15) is 11.5 Å². The summed E-state index contributed by atoms with van der Waals surface area (Å²) in [6.45, 7) is 0.631. The first-order chi connectivity index (χ1) is 10.1. The molecule has 0 aliphatic carbocycles. The van der Waals surface area contributed by atoms with E-state index >= 15 is 0 Å². The number of benzene rings is 1. The van der Waals surface area contributed by atoms with E-state index in [4.69, 9.17) is 14.9 Å². The Balaban J connectivity index is 1.86. The maximum absolute atomic E-state index is 12.4. The number of ether oxygens (including phenoxy) is 1. The van der Waals surface area contributed by atoms with Crippen LogP contribution in [0.1, 0.15) is 23.8 Å². The summed E-state index contributed by atoms with van der Waals surface area (Å²) in [5.41, 5.74) is 6.26. The normalized spacial score (nSPS) is 18.0. The van der Waals surface area contributed by atoms with E-state index in [1.54, 1.807) is 6.07 Å². The molecule has 6 nitrogen and oxygen atoms in total. The van der Waals surface area contributed by atoms with E-state index in [9.17, 15) is 8.42 Å². The monoisotopic (exact) mass is 308 g/mol. The molecule has 1 aromatic carbocycles. The van der Waals surface area contributed by atoms with Crippen LogP contribution >= 0.6 is 0 Å². The number of furan rings is 1. The van der Waals surface area contributed by atoms with E-state index in [-0.39, 0.29) is 17.7 Å². The largest absolute Gasteiger partial charge is 0.493 e. The van der Waals surface area contributed by atoms with Crippen molar-refractivity contribution < 1.29 is 17.6 Å². The highest BCUT2D eigenvalue weighted by atomic mass is 32.2. The molecule has 1 atom stereocenters. The molecule has 0 bridgehead atoms. The minimum Gasteiger partial charge on any atom is -0.493 e. The second kappa shape index (κ2) is 5.51. The van der Waals surface area contributed by atoms with Crippen LogP contribution in [0.2, 0.25) is 0 Å². The van der Waals surface area contributed by atoms with Gasteiger partial charge in [-0.3, -0.25) is 0 Å². The molecule has 0 spiro atoms. The third-order valence-corrected chi connectivity index (χ3v) is 4.70. The fourth-order valence-electron chi connectivity index (χ4n) is 2.32. The number of nitrogens with one attached hydrogen (secondary N) is 1. The van der Waals surface area contributed by atoms with Crippen LogP contribution < -0.4 is 15.2 Å². The molecule has 0 saturated heterocycles. The molecule has 1 unspecified atom stereocenters. The third-order valence-electron chi connectivity index (χ3n) is 3.36. The lowest BCUT2D eigenvalue weighted by molar-refractivity contribution is 0.262. The van der Waals surface area contributed by atoms with Crippen molar-refractivity contribution in [1.29, 1.82) is 0 Å². The minimum absolute atomic E-state index is 0.119. The lowest BCUT2D eigenvalue weighted by Crippen LogP contribution is -2.32. The second-order valence-electron chi connectivity index (χ2n) is 4.77. The van der Waals surface area contributed by atoms with Crippen LogP contribution in [-0.4, -0.2) is 15.0 Å². The highest BCUT2D eigenvalue weighted by molar-refractivity contribution is 7.89. The van der Waals surface area contributed by atoms with E-state index in [0.717, 1.165) is 5.56 Å². The van der Waals surface area contributed by atoms with Crippen molar-refractivity contribution in [2.24, 2.45) is 5.73 Å². The average molecular weight is 308 g/mol. The summed E-state index contributed by atoms with van der Waals surface area (Å²) in [5, 5.41) is -0.119. The Kier molecular flexibility index (Phi) is 3.71. The van der Waals surface area contributed by atoms with Gasteiger partial charge in [0.25, 0.3) is 10.0 Å². The average Bonchev–Trinajstić information content (AvgIpc) is 2.97. The van der Waals surface area contributed by atoms with Crippen LogP contribution in [0, 0.1) is 0 Å². The number of nitrogens with two attached hydrogens (primary N) is 1. The van der Waals surface area contributed by atoms with Gasteiger partial charge in [0, 0.05) is 12.0 Å². The molecule has 1 aliphatic heterocycles. The fraction of sp³-hybridized carbons (Fsp3) is 0.286. The fourth-order valence-corrected chi connectivity index (χ4v) is 3.52. The van der Waals surface area contributed by atoms with E-state index in [2.05, 4.69) is 4.72 Å². The number of fused-ring (bicyclic) bond motifs is 1. The third kappa shape index (κ3) is 2.80. The summed E-state index contributed by atoms with van der Waals surface area (Å²) >= 11 is 0. The van der Waals surface area contributed by atoms with Gasteiger partial charge in [0.05, 0.1) is 19.2 Å². The van der Waals surface area contributed by atoms with Crippen molar-refractivity contribution in [3.05, 3.63) is 47.7 Å². The van der Waals surface area contributed by atoms with E-state index in [0.29, 0.717) is 24.5 Å². The SMILES string of the molecule is NCc1ccc(S(=O)(=O)NC2CCOc3ccccc32)o1. The van der Waals surface area contributed by atoms with E-state index < -0.39 is 10.0 Å². The number of sulfonamides is 1. The summed E-state index contributed by atoms with van der Waals surface area (Å²) in [6.07, 6.45) is 0.570. The molecule has 0 saturated carbocycles. The van der Waals surface area contributed by atoms with Crippen molar-refractivity contribution in [3.63, 3.8) is 0 Å². The maximum Gasteiger partial charge on any atom is 0.274 e. The molecular weight excluding hydrogens is 292 g/mol. The van der Waals surface area contributed by atoms with Gasteiger partial charge in [-0.1, -0.05) is 18.2 Å². The Morgan fingerprint density at radius 3 is 2.81 bits per heavy atom. The molecule has 1 aromatic heterocycles.